The normalized spacial score (nSPS) is 21.8. The van der Waals surface area contributed by atoms with Crippen LogP contribution in [0.15, 0.2) is 53.4 Å². The molecule has 7 nitrogen and oxygen atoms in total. The summed E-state index contributed by atoms with van der Waals surface area (Å²) in [5.74, 6) is -0.278. The molecule has 2 N–H and O–H groups in total. The lowest BCUT2D eigenvalue weighted by atomic mass is 9.96. The highest BCUT2D eigenvalue weighted by Crippen LogP contribution is 2.26. The maximum atomic E-state index is 13.1. The van der Waals surface area contributed by atoms with Gasteiger partial charge < -0.3 is 4.90 Å². The quantitative estimate of drug-likeness (QED) is 0.579. The van der Waals surface area contributed by atoms with Crippen molar-refractivity contribution < 1.29 is 17.6 Å². The molecular formula is C26H35FN4O3S. The molecule has 2 aromatic carbocycles. The fourth-order valence-corrected chi connectivity index (χ4v) is 6.39. The van der Waals surface area contributed by atoms with Crippen LogP contribution in [-0.4, -0.2) is 56.3 Å². The van der Waals surface area contributed by atoms with E-state index in [-0.39, 0.29) is 23.7 Å². The van der Waals surface area contributed by atoms with E-state index >= 15 is 0 Å². The number of halogens is 1. The van der Waals surface area contributed by atoms with Crippen LogP contribution < -0.4 is 10.9 Å². The topological polar surface area (TPSA) is 81.8 Å². The van der Waals surface area contributed by atoms with Gasteiger partial charge in [0.05, 0.1) is 4.90 Å². The van der Waals surface area contributed by atoms with Crippen LogP contribution in [-0.2, 0) is 14.8 Å². The SMILES string of the molecule is Cc1ccc(S(=O)(=O)N2CCC(C(=O)N(C)CCCC3CC(c4ccc(F)cc4)NN3)CC2)cc1. The van der Waals surface area contributed by atoms with Gasteiger partial charge in [-0.3, -0.25) is 15.6 Å². The van der Waals surface area contributed by atoms with Crippen LogP contribution in [0, 0.1) is 18.7 Å². The largest absolute Gasteiger partial charge is 0.346 e. The lowest BCUT2D eigenvalue weighted by Crippen LogP contribution is -2.43. The predicted molar refractivity (Wildman–Crippen MR) is 133 cm³/mol. The molecular weight excluding hydrogens is 467 g/mol. The first-order chi connectivity index (χ1) is 16.7. The van der Waals surface area contributed by atoms with E-state index in [4.69, 9.17) is 0 Å². The van der Waals surface area contributed by atoms with E-state index in [9.17, 15) is 17.6 Å². The summed E-state index contributed by atoms with van der Waals surface area (Å²) in [6.45, 7) is 3.32. The second-order valence-corrected chi connectivity index (χ2v) is 11.7. The number of nitrogens with zero attached hydrogens (tertiary/aromatic N) is 2. The molecule has 2 unspecified atom stereocenters. The van der Waals surface area contributed by atoms with Gasteiger partial charge in [-0.25, -0.2) is 12.8 Å². The zero-order valence-corrected chi connectivity index (χ0v) is 21.2. The molecule has 0 saturated carbocycles. The molecule has 2 aliphatic rings. The summed E-state index contributed by atoms with van der Waals surface area (Å²) in [7, 11) is -1.69. The molecule has 4 rings (SSSR count). The molecule has 2 heterocycles. The maximum Gasteiger partial charge on any atom is 0.243 e. The van der Waals surface area contributed by atoms with E-state index in [0.29, 0.717) is 43.4 Å². The molecule has 0 spiro atoms. The first-order valence-electron chi connectivity index (χ1n) is 12.3. The van der Waals surface area contributed by atoms with Crippen LogP contribution in [0.2, 0.25) is 0 Å². The zero-order valence-electron chi connectivity index (χ0n) is 20.4. The third-order valence-electron chi connectivity index (χ3n) is 7.14. The van der Waals surface area contributed by atoms with E-state index in [1.54, 1.807) is 41.3 Å². The van der Waals surface area contributed by atoms with Crippen molar-refractivity contribution in [2.45, 2.75) is 56.0 Å². The molecule has 0 aromatic heterocycles. The maximum absolute atomic E-state index is 13.1. The van der Waals surface area contributed by atoms with Crippen molar-refractivity contribution in [1.82, 2.24) is 20.1 Å². The summed E-state index contributed by atoms with van der Waals surface area (Å²) in [5, 5.41) is 0. The van der Waals surface area contributed by atoms with Crippen molar-refractivity contribution in [3.05, 3.63) is 65.5 Å². The van der Waals surface area contributed by atoms with Crippen LogP contribution in [0.25, 0.3) is 0 Å². The number of sulfonamides is 1. The van der Waals surface area contributed by atoms with Gasteiger partial charge in [0.2, 0.25) is 15.9 Å². The molecule has 2 atom stereocenters. The van der Waals surface area contributed by atoms with E-state index < -0.39 is 10.0 Å². The van der Waals surface area contributed by atoms with Gasteiger partial charge in [0.1, 0.15) is 5.82 Å². The molecule has 0 radical (unpaired) electrons. The van der Waals surface area contributed by atoms with Crippen molar-refractivity contribution in [2.75, 3.05) is 26.7 Å². The molecule has 2 fully saturated rings. The molecule has 2 aromatic rings. The number of piperidine rings is 1. The minimum atomic E-state index is -3.52. The van der Waals surface area contributed by atoms with Crippen molar-refractivity contribution in [3.63, 3.8) is 0 Å². The number of amides is 1. The van der Waals surface area contributed by atoms with Gasteiger partial charge in [0.15, 0.2) is 0 Å². The van der Waals surface area contributed by atoms with Gasteiger partial charge in [-0.15, -0.1) is 0 Å². The molecule has 9 heteroatoms. The molecule has 0 aliphatic carbocycles. The lowest BCUT2D eigenvalue weighted by Gasteiger charge is -2.32. The number of hydrogen-bond donors (Lipinski definition) is 2. The Morgan fingerprint density at radius 2 is 1.71 bits per heavy atom. The molecule has 35 heavy (non-hydrogen) atoms. The van der Waals surface area contributed by atoms with Crippen LogP contribution in [0.3, 0.4) is 0 Å². The molecule has 190 valence electrons. The smallest absolute Gasteiger partial charge is 0.243 e. The Kier molecular flexibility index (Phi) is 8.21. The molecule has 1 amide bonds. The van der Waals surface area contributed by atoms with Crippen LogP contribution in [0.4, 0.5) is 4.39 Å². The number of benzene rings is 2. The highest BCUT2D eigenvalue weighted by atomic mass is 32.2. The predicted octanol–water partition coefficient (Wildman–Crippen LogP) is 3.38. The molecule has 2 aliphatic heterocycles. The highest BCUT2D eigenvalue weighted by molar-refractivity contribution is 7.89. The van der Waals surface area contributed by atoms with E-state index in [1.807, 2.05) is 14.0 Å². The Hall–Kier alpha value is -2.33. The summed E-state index contributed by atoms with van der Waals surface area (Å²) in [5.41, 5.74) is 8.67. The Balaban J connectivity index is 1.19. The van der Waals surface area contributed by atoms with Crippen LogP contribution in [0.1, 0.15) is 49.3 Å². The second-order valence-electron chi connectivity index (χ2n) is 9.72. The number of carbonyl (C=O) groups is 1. The fraction of sp³-hybridized carbons (Fsp3) is 0.500. The average Bonchev–Trinajstić information content (AvgIpc) is 3.33. The van der Waals surface area contributed by atoms with Crippen LogP contribution >= 0.6 is 0 Å². The van der Waals surface area contributed by atoms with E-state index in [1.165, 1.54) is 16.4 Å². The van der Waals surface area contributed by atoms with Gasteiger partial charge in [-0.2, -0.15) is 4.31 Å². The number of hydrogen-bond acceptors (Lipinski definition) is 5. The van der Waals surface area contributed by atoms with Crippen molar-refractivity contribution >= 4 is 15.9 Å². The third kappa shape index (κ3) is 6.27. The highest BCUT2D eigenvalue weighted by Gasteiger charge is 2.33. The van der Waals surface area contributed by atoms with Crippen molar-refractivity contribution in [3.8, 4) is 0 Å². The minimum Gasteiger partial charge on any atom is -0.346 e. The van der Waals surface area contributed by atoms with Gasteiger partial charge in [0.25, 0.3) is 0 Å². The summed E-state index contributed by atoms with van der Waals surface area (Å²) in [6.07, 6.45) is 3.80. The second kappa shape index (κ2) is 11.2. The van der Waals surface area contributed by atoms with Crippen molar-refractivity contribution in [2.24, 2.45) is 5.92 Å². The van der Waals surface area contributed by atoms with Gasteiger partial charge >= 0.3 is 0 Å². The van der Waals surface area contributed by atoms with Gasteiger partial charge in [-0.05, 0) is 68.9 Å². The van der Waals surface area contributed by atoms with E-state index in [0.717, 1.165) is 30.4 Å². The number of aryl methyl sites for hydroxylation is 1. The Morgan fingerprint density at radius 1 is 1.06 bits per heavy atom. The molecule has 2 saturated heterocycles. The van der Waals surface area contributed by atoms with Gasteiger partial charge in [0, 0.05) is 44.7 Å². The number of carbonyl (C=O) groups excluding carboxylic acids is 1. The average molecular weight is 503 g/mol. The Morgan fingerprint density at radius 3 is 2.37 bits per heavy atom. The number of hydrazine groups is 1. The Bertz CT molecular complexity index is 1100. The summed E-state index contributed by atoms with van der Waals surface area (Å²) >= 11 is 0. The number of nitrogens with one attached hydrogen (secondary N) is 2. The van der Waals surface area contributed by atoms with E-state index in [2.05, 4.69) is 10.9 Å². The van der Waals surface area contributed by atoms with Crippen LogP contribution in [0.5, 0.6) is 0 Å². The Labute approximate surface area is 207 Å². The molecule has 0 bridgehead atoms. The number of rotatable bonds is 8. The summed E-state index contributed by atoms with van der Waals surface area (Å²) in [4.78, 5) is 15.0. The fourth-order valence-electron chi connectivity index (χ4n) is 4.92. The summed E-state index contributed by atoms with van der Waals surface area (Å²) in [6, 6.07) is 13.9. The first kappa shape index (κ1) is 25.8. The van der Waals surface area contributed by atoms with Crippen molar-refractivity contribution in [1.29, 1.82) is 0 Å². The lowest BCUT2D eigenvalue weighted by molar-refractivity contribution is -0.135. The zero-order chi connectivity index (χ0) is 25.0. The summed E-state index contributed by atoms with van der Waals surface area (Å²) < 4.78 is 40.5. The minimum absolute atomic E-state index is 0.0964. The third-order valence-corrected chi connectivity index (χ3v) is 9.05. The standard InChI is InChI=1S/C26H35FN4O3S/c1-19-5-11-24(12-6-19)35(33,34)31-16-13-21(14-17-31)26(32)30(2)15-3-4-23-18-25(29-28-23)20-7-9-22(27)10-8-20/h5-12,21,23,25,28-29H,3-4,13-18H2,1-2H3. The first-order valence-corrected chi connectivity index (χ1v) is 13.8. The van der Waals surface area contributed by atoms with Gasteiger partial charge in [-0.1, -0.05) is 29.8 Å². The monoisotopic (exact) mass is 502 g/mol.